The minimum Gasteiger partial charge on any atom is -0.489 e. The monoisotopic (exact) mass is 452 g/mol. The van der Waals surface area contributed by atoms with Gasteiger partial charge in [-0.2, -0.15) is 0 Å². The predicted molar refractivity (Wildman–Crippen MR) is 125 cm³/mol. The van der Waals surface area contributed by atoms with Crippen LogP contribution in [0.3, 0.4) is 0 Å². The largest absolute Gasteiger partial charge is 0.489 e. The highest BCUT2D eigenvalue weighted by Crippen LogP contribution is 2.15. The van der Waals surface area contributed by atoms with Crippen molar-refractivity contribution in [3.8, 4) is 5.75 Å². The normalized spacial score (nSPS) is 11.3. The summed E-state index contributed by atoms with van der Waals surface area (Å²) in [5.41, 5.74) is 2.61. The van der Waals surface area contributed by atoms with Gasteiger partial charge in [0, 0.05) is 18.2 Å². The number of carbonyl (C=O) groups excluding carboxylic acids is 1. The second-order valence-electron chi connectivity index (χ2n) is 7.72. The molecule has 32 heavy (non-hydrogen) atoms. The Labute approximate surface area is 189 Å². The first-order valence-corrected chi connectivity index (χ1v) is 12.0. The quantitative estimate of drug-likeness (QED) is 0.488. The number of benzene rings is 3. The molecule has 3 aromatic carbocycles. The van der Waals surface area contributed by atoms with E-state index in [1.807, 2.05) is 54.6 Å². The molecule has 0 saturated carbocycles. The Hall–Kier alpha value is -3.16. The van der Waals surface area contributed by atoms with Gasteiger partial charge in [-0.05, 0) is 67.8 Å². The zero-order valence-electron chi connectivity index (χ0n) is 18.2. The highest BCUT2D eigenvalue weighted by molar-refractivity contribution is 7.89. The molecule has 2 N–H and O–H groups in total. The van der Waals surface area contributed by atoms with Gasteiger partial charge in [-0.25, -0.2) is 13.1 Å². The van der Waals surface area contributed by atoms with Crippen molar-refractivity contribution < 1.29 is 17.9 Å². The highest BCUT2D eigenvalue weighted by Gasteiger charge is 2.16. The number of ether oxygens (including phenoxy) is 1. The van der Waals surface area contributed by atoms with Gasteiger partial charge in [0.05, 0.1) is 4.90 Å². The fourth-order valence-corrected chi connectivity index (χ4v) is 4.33. The number of hydrogen-bond acceptors (Lipinski definition) is 4. The van der Waals surface area contributed by atoms with Gasteiger partial charge in [-0.3, -0.25) is 4.79 Å². The number of sulfonamides is 1. The molecule has 168 valence electrons. The molecular formula is C25H28N2O4S. The topological polar surface area (TPSA) is 84.5 Å². The summed E-state index contributed by atoms with van der Waals surface area (Å²) in [6.07, 6.45) is 0.676. The number of amides is 1. The first kappa shape index (κ1) is 23.5. The molecule has 0 heterocycles. The van der Waals surface area contributed by atoms with Gasteiger partial charge in [0.1, 0.15) is 12.4 Å². The van der Waals surface area contributed by atoms with Crippen molar-refractivity contribution in [3.63, 3.8) is 0 Å². The Morgan fingerprint density at radius 3 is 2.16 bits per heavy atom. The third kappa shape index (κ3) is 6.93. The third-order valence-electron chi connectivity index (χ3n) is 4.69. The number of carbonyl (C=O) groups is 1. The molecular weight excluding hydrogens is 424 g/mol. The van der Waals surface area contributed by atoms with Gasteiger partial charge in [-0.1, -0.05) is 42.5 Å². The lowest BCUT2D eigenvalue weighted by molar-refractivity contribution is 0.0954. The minimum atomic E-state index is -3.57. The van der Waals surface area contributed by atoms with Crippen molar-refractivity contribution in [1.29, 1.82) is 0 Å². The van der Waals surface area contributed by atoms with E-state index < -0.39 is 10.0 Å². The Bertz CT molecular complexity index is 1110. The Kier molecular flexibility index (Phi) is 8.03. The van der Waals surface area contributed by atoms with Crippen molar-refractivity contribution in [2.45, 2.75) is 37.8 Å². The summed E-state index contributed by atoms with van der Waals surface area (Å²) in [7, 11) is -3.57. The zero-order valence-corrected chi connectivity index (χ0v) is 19.1. The molecule has 3 aromatic rings. The third-order valence-corrected chi connectivity index (χ3v) is 6.36. The fourth-order valence-electron chi connectivity index (χ4n) is 3.08. The Balaban J connectivity index is 1.46. The van der Waals surface area contributed by atoms with Crippen LogP contribution in [-0.2, 0) is 23.1 Å². The van der Waals surface area contributed by atoms with Gasteiger partial charge in [-0.15, -0.1) is 0 Å². The molecule has 1 amide bonds. The van der Waals surface area contributed by atoms with E-state index in [0.29, 0.717) is 25.1 Å². The van der Waals surface area contributed by atoms with E-state index in [1.54, 1.807) is 13.8 Å². The Morgan fingerprint density at radius 1 is 0.875 bits per heavy atom. The maximum absolute atomic E-state index is 12.4. The van der Waals surface area contributed by atoms with E-state index in [9.17, 15) is 13.2 Å². The van der Waals surface area contributed by atoms with Gasteiger partial charge < -0.3 is 10.1 Å². The van der Waals surface area contributed by atoms with E-state index in [4.69, 9.17) is 4.74 Å². The van der Waals surface area contributed by atoms with E-state index in [-0.39, 0.29) is 16.8 Å². The molecule has 0 unspecified atom stereocenters. The first-order chi connectivity index (χ1) is 15.3. The summed E-state index contributed by atoms with van der Waals surface area (Å²) in [5, 5.41) is 2.86. The average Bonchev–Trinajstić information content (AvgIpc) is 2.78. The molecule has 0 aliphatic carbocycles. The van der Waals surface area contributed by atoms with Crippen molar-refractivity contribution >= 4 is 15.9 Å². The summed E-state index contributed by atoms with van der Waals surface area (Å²) in [6.45, 7) is 4.50. The molecule has 0 radical (unpaired) electrons. The van der Waals surface area contributed by atoms with Crippen LogP contribution in [0.4, 0.5) is 0 Å². The minimum absolute atomic E-state index is 0.136. The van der Waals surface area contributed by atoms with Crippen LogP contribution >= 0.6 is 0 Å². The molecule has 0 aromatic heterocycles. The smallest absolute Gasteiger partial charge is 0.251 e. The van der Waals surface area contributed by atoms with Crippen molar-refractivity contribution in [3.05, 3.63) is 95.6 Å². The molecule has 0 aliphatic heterocycles. The predicted octanol–water partition coefficient (Wildman–Crippen LogP) is 3.92. The van der Waals surface area contributed by atoms with Crippen LogP contribution in [0.2, 0.25) is 0 Å². The van der Waals surface area contributed by atoms with Gasteiger partial charge in [0.2, 0.25) is 10.0 Å². The fraction of sp³-hybridized carbons (Fsp3) is 0.240. The molecule has 0 bridgehead atoms. The maximum atomic E-state index is 12.4. The number of rotatable bonds is 10. The summed E-state index contributed by atoms with van der Waals surface area (Å²) >= 11 is 0. The molecule has 0 atom stereocenters. The van der Waals surface area contributed by atoms with Gasteiger partial charge in [0.15, 0.2) is 0 Å². The van der Waals surface area contributed by atoms with E-state index in [2.05, 4.69) is 10.0 Å². The van der Waals surface area contributed by atoms with Crippen LogP contribution in [0.15, 0.2) is 83.8 Å². The SMILES string of the molecule is CC(C)NS(=O)(=O)c1ccc(C(=O)NCCc2ccc(OCc3ccccc3)cc2)cc1. The maximum Gasteiger partial charge on any atom is 0.251 e. The van der Waals surface area contributed by atoms with Crippen LogP contribution in [0.5, 0.6) is 5.75 Å². The molecule has 0 fully saturated rings. The first-order valence-electron chi connectivity index (χ1n) is 10.5. The number of hydrogen-bond donors (Lipinski definition) is 2. The van der Waals surface area contributed by atoms with Crippen LogP contribution in [0.1, 0.15) is 35.3 Å². The van der Waals surface area contributed by atoms with Crippen LogP contribution in [0, 0.1) is 0 Å². The van der Waals surface area contributed by atoms with Crippen molar-refractivity contribution in [2.24, 2.45) is 0 Å². The van der Waals surface area contributed by atoms with E-state index >= 15 is 0 Å². The van der Waals surface area contributed by atoms with Crippen molar-refractivity contribution in [1.82, 2.24) is 10.0 Å². The van der Waals surface area contributed by atoms with Gasteiger partial charge in [0.25, 0.3) is 5.91 Å². The van der Waals surface area contributed by atoms with E-state index in [1.165, 1.54) is 24.3 Å². The summed E-state index contributed by atoms with van der Waals surface area (Å²) in [4.78, 5) is 12.5. The zero-order chi connectivity index (χ0) is 23.0. The molecule has 6 nitrogen and oxygen atoms in total. The second kappa shape index (κ2) is 10.9. The van der Waals surface area contributed by atoms with Crippen molar-refractivity contribution in [2.75, 3.05) is 6.54 Å². The standard InChI is InChI=1S/C25H28N2O4S/c1-19(2)27-32(29,30)24-14-10-22(11-15-24)25(28)26-17-16-20-8-12-23(13-9-20)31-18-21-6-4-3-5-7-21/h3-15,19,27H,16-18H2,1-2H3,(H,26,28). The van der Waals surface area contributed by atoms with Crippen LogP contribution < -0.4 is 14.8 Å². The molecule has 0 saturated heterocycles. The average molecular weight is 453 g/mol. The lowest BCUT2D eigenvalue weighted by atomic mass is 10.1. The summed E-state index contributed by atoms with van der Waals surface area (Å²) in [6, 6.07) is 23.5. The van der Waals surface area contributed by atoms with Crippen LogP contribution in [-0.4, -0.2) is 26.9 Å². The lowest BCUT2D eigenvalue weighted by Gasteiger charge is -2.10. The Morgan fingerprint density at radius 2 is 1.53 bits per heavy atom. The van der Waals surface area contributed by atoms with Gasteiger partial charge >= 0.3 is 0 Å². The molecule has 3 rings (SSSR count). The number of nitrogens with one attached hydrogen (secondary N) is 2. The molecule has 0 spiro atoms. The summed E-state index contributed by atoms with van der Waals surface area (Å²) in [5.74, 6) is 0.553. The molecule has 7 heteroatoms. The van der Waals surface area contributed by atoms with E-state index in [0.717, 1.165) is 16.9 Å². The highest BCUT2D eigenvalue weighted by atomic mass is 32.2. The molecule has 0 aliphatic rings. The lowest BCUT2D eigenvalue weighted by Crippen LogP contribution is -2.30. The summed E-state index contributed by atoms with van der Waals surface area (Å²) < 4.78 is 32.6. The second-order valence-corrected chi connectivity index (χ2v) is 9.44. The van der Waals surface area contributed by atoms with Crippen LogP contribution in [0.25, 0.3) is 0 Å².